The number of benzene rings is 1. The van der Waals surface area contributed by atoms with Crippen LogP contribution in [0.25, 0.3) is 11.5 Å². The topological polar surface area (TPSA) is 68.0 Å². The molecule has 2 aliphatic rings. The Hall–Kier alpha value is -1.82. The maximum atomic E-state index is 12.2. The summed E-state index contributed by atoms with van der Waals surface area (Å²) >= 11 is 1.31. The number of aryl methyl sites for hydroxylation is 2. The number of carbonyl (C=O) groups is 1. The highest BCUT2D eigenvalue weighted by Crippen LogP contribution is 2.44. The molecule has 0 unspecified atom stereocenters. The molecule has 1 amide bonds. The number of hydrogen-bond acceptors (Lipinski definition) is 5. The summed E-state index contributed by atoms with van der Waals surface area (Å²) in [6.45, 7) is 4.09. The maximum Gasteiger partial charge on any atom is 0.277 e. The van der Waals surface area contributed by atoms with E-state index in [1.54, 1.807) is 0 Å². The Morgan fingerprint density at radius 2 is 1.80 bits per heavy atom. The standard InChI is InChI=1S/C19H23N3O2S/c1-11-7-12(2)9-15(8-11)18-21-22-19(24-18)25-10-16(23)20-17(13-3-4-13)14-5-6-14/h7-9,13-14,17H,3-6,10H2,1-2H3,(H,20,23). The quantitative estimate of drug-likeness (QED) is 0.764. The van der Waals surface area contributed by atoms with Crippen molar-refractivity contribution in [2.24, 2.45) is 11.8 Å². The van der Waals surface area contributed by atoms with Crippen LogP contribution in [0, 0.1) is 25.7 Å². The lowest BCUT2D eigenvalue weighted by Gasteiger charge is -2.17. The summed E-state index contributed by atoms with van der Waals surface area (Å²) in [5, 5.41) is 11.8. The number of nitrogens with one attached hydrogen (secondary N) is 1. The van der Waals surface area contributed by atoms with Crippen LogP contribution in [0.2, 0.25) is 0 Å². The lowest BCUT2D eigenvalue weighted by Crippen LogP contribution is -2.39. The smallest absolute Gasteiger partial charge is 0.277 e. The maximum absolute atomic E-state index is 12.2. The molecule has 2 aliphatic carbocycles. The van der Waals surface area contributed by atoms with Gasteiger partial charge in [-0.05, 0) is 63.5 Å². The largest absolute Gasteiger partial charge is 0.411 e. The van der Waals surface area contributed by atoms with Crippen molar-refractivity contribution in [3.63, 3.8) is 0 Å². The second kappa shape index (κ2) is 6.83. The van der Waals surface area contributed by atoms with E-state index in [4.69, 9.17) is 4.42 Å². The Bertz CT molecular complexity index is 748. The molecule has 0 atom stereocenters. The monoisotopic (exact) mass is 357 g/mol. The fraction of sp³-hybridized carbons (Fsp3) is 0.526. The Morgan fingerprint density at radius 3 is 2.40 bits per heavy atom. The second-order valence-corrected chi connectivity index (χ2v) is 8.23. The van der Waals surface area contributed by atoms with Crippen molar-refractivity contribution in [3.05, 3.63) is 29.3 Å². The lowest BCUT2D eigenvalue weighted by atomic mass is 10.1. The number of hydrogen-bond donors (Lipinski definition) is 1. The summed E-state index contributed by atoms with van der Waals surface area (Å²) < 4.78 is 5.72. The van der Waals surface area contributed by atoms with Crippen LogP contribution in [-0.2, 0) is 4.79 Å². The van der Waals surface area contributed by atoms with E-state index < -0.39 is 0 Å². The normalized spacial score (nSPS) is 17.1. The van der Waals surface area contributed by atoms with Gasteiger partial charge in [0.2, 0.25) is 11.8 Å². The van der Waals surface area contributed by atoms with E-state index in [1.807, 2.05) is 26.0 Å². The zero-order valence-corrected chi connectivity index (χ0v) is 15.4. The first-order chi connectivity index (χ1) is 12.1. The average Bonchev–Trinajstić information content (AvgIpc) is 3.48. The SMILES string of the molecule is Cc1cc(C)cc(-c2nnc(SCC(=O)NC(C3CC3)C3CC3)o2)c1. The van der Waals surface area contributed by atoms with Gasteiger partial charge in [-0.3, -0.25) is 4.79 Å². The van der Waals surface area contributed by atoms with E-state index in [1.165, 1.54) is 37.4 Å². The van der Waals surface area contributed by atoms with Crippen molar-refractivity contribution < 1.29 is 9.21 Å². The number of amides is 1. The van der Waals surface area contributed by atoms with Crippen LogP contribution in [0.5, 0.6) is 0 Å². The van der Waals surface area contributed by atoms with E-state index in [2.05, 4.69) is 21.6 Å². The van der Waals surface area contributed by atoms with Crippen LogP contribution >= 0.6 is 11.8 Å². The van der Waals surface area contributed by atoms with Gasteiger partial charge in [-0.2, -0.15) is 0 Å². The molecule has 2 aromatic rings. The van der Waals surface area contributed by atoms with E-state index in [0.717, 1.165) is 16.7 Å². The highest BCUT2D eigenvalue weighted by molar-refractivity contribution is 7.99. The third kappa shape index (κ3) is 4.24. The Balaban J connectivity index is 1.34. The number of nitrogens with zero attached hydrogens (tertiary/aromatic N) is 2. The van der Waals surface area contributed by atoms with Crippen LogP contribution in [0.3, 0.4) is 0 Å². The Labute approximate surface area is 152 Å². The molecule has 0 aliphatic heterocycles. The van der Waals surface area contributed by atoms with Crippen LogP contribution in [0.15, 0.2) is 27.8 Å². The summed E-state index contributed by atoms with van der Waals surface area (Å²) in [4.78, 5) is 12.2. The zero-order valence-electron chi connectivity index (χ0n) is 14.6. The molecule has 4 rings (SSSR count). The number of carbonyl (C=O) groups excluding carboxylic acids is 1. The van der Waals surface area contributed by atoms with Crippen LogP contribution in [0.4, 0.5) is 0 Å². The highest BCUT2D eigenvalue weighted by Gasteiger charge is 2.42. The lowest BCUT2D eigenvalue weighted by molar-refractivity contribution is -0.119. The molecule has 1 aromatic carbocycles. The van der Waals surface area contributed by atoms with Crippen molar-refractivity contribution in [1.29, 1.82) is 0 Å². The van der Waals surface area contributed by atoms with Crippen molar-refractivity contribution in [3.8, 4) is 11.5 Å². The number of thioether (sulfide) groups is 1. The van der Waals surface area contributed by atoms with Crippen molar-refractivity contribution in [2.45, 2.75) is 50.8 Å². The summed E-state index contributed by atoms with van der Waals surface area (Å²) in [6, 6.07) is 6.55. The van der Waals surface area contributed by atoms with Crippen LogP contribution in [0.1, 0.15) is 36.8 Å². The summed E-state index contributed by atoms with van der Waals surface area (Å²) in [5.41, 5.74) is 3.24. The van der Waals surface area contributed by atoms with Gasteiger partial charge in [-0.15, -0.1) is 10.2 Å². The van der Waals surface area contributed by atoms with Crippen LogP contribution in [-0.4, -0.2) is 27.9 Å². The van der Waals surface area contributed by atoms with Crippen molar-refractivity contribution >= 4 is 17.7 Å². The first-order valence-electron chi connectivity index (χ1n) is 8.93. The molecule has 5 nitrogen and oxygen atoms in total. The molecule has 0 bridgehead atoms. The van der Waals surface area contributed by atoms with Gasteiger partial charge in [0.1, 0.15) is 0 Å². The van der Waals surface area contributed by atoms with Crippen molar-refractivity contribution in [2.75, 3.05) is 5.75 Å². The predicted octanol–water partition coefficient (Wildman–Crippen LogP) is 3.75. The van der Waals surface area contributed by atoms with Crippen LogP contribution < -0.4 is 5.32 Å². The second-order valence-electron chi connectivity index (χ2n) is 7.31. The Kier molecular flexibility index (Phi) is 4.54. The molecule has 0 radical (unpaired) electrons. The van der Waals surface area contributed by atoms with Gasteiger partial charge in [-0.25, -0.2) is 0 Å². The fourth-order valence-electron chi connectivity index (χ4n) is 3.37. The van der Waals surface area contributed by atoms with Gasteiger partial charge in [-0.1, -0.05) is 29.0 Å². The third-order valence-corrected chi connectivity index (χ3v) is 5.61. The van der Waals surface area contributed by atoms with Gasteiger partial charge >= 0.3 is 0 Å². The van der Waals surface area contributed by atoms with Gasteiger partial charge in [0, 0.05) is 11.6 Å². The van der Waals surface area contributed by atoms with Crippen molar-refractivity contribution in [1.82, 2.24) is 15.5 Å². The molecule has 132 valence electrons. The first-order valence-corrected chi connectivity index (χ1v) is 9.91. The molecule has 1 N–H and O–H groups in total. The molecule has 25 heavy (non-hydrogen) atoms. The first kappa shape index (κ1) is 16.6. The van der Waals surface area contributed by atoms with E-state index in [-0.39, 0.29) is 5.91 Å². The molecule has 0 saturated heterocycles. The molecule has 2 fully saturated rings. The van der Waals surface area contributed by atoms with Gasteiger partial charge in [0.25, 0.3) is 5.22 Å². The van der Waals surface area contributed by atoms with Gasteiger partial charge < -0.3 is 9.73 Å². The predicted molar refractivity (Wildman–Crippen MR) is 97.3 cm³/mol. The molecule has 1 heterocycles. The van der Waals surface area contributed by atoms with E-state index >= 15 is 0 Å². The zero-order chi connectivity index (χ0) is 17.4. The fourth-order valence-corrected chi connectivity index (χ4v) is 3.94. The van der Waals surface area contributed by atoms with Gasteiger partial charge in [0.15, 0.2) is 0 Å². The average molecular weight is 357 g/mol. The molecular formula is C19H23N3O2S. The number of rotatable bonds is 7. The summed E-state index contributed by atoms with van der Waals surface area (Å²) in [6.07, 6.45) is 5.05. The number of aromatic nitrogens is 2. The third-order valence-electron chi connectivity index (χ3n) is 4.79. The molecular weight excluding hydrogens is 334 g/mol. The minimum Gasteiger partial charge on any atom is -0.411 e. The van der Waals surface area contributed by atoms with E-state index in [0.29, 0.717) is 34.7 Å². The van der Waals surface area contributed by atoms with Gasteiger partial charge in [0.05, 0.1) is 5.75 Å². The van der Waals surface area contributed by atoms with E-state index in [9.17, 15) is 4.79 Å². The molecule has 6 heteroatoms. The molecule has 2 saturated carbocycles. The molecule has 0 spiro atoms. The summed E-state index contributed by atoms with van der Waals surface area (Å²) in [7, 11) is 0. The minimum absolute atomic E-state index is 0.0694. The Morgan fingerprint density at radius 1 is 1.16 bits per heavy atom. The highest BCUT2D eigenvalue weighted by atomic mass is 32.2. The molecule has 1 aromatic heterocycles. The minimum atomic E-state index is 0.0694. The summed E-state index contributed by atoms with van der Waals surface area (Å²) in [5.74, 6) is 2.32.